The maximum absolute atomic E-state index is 12.7. The van der Waals surface area contributed by atoms with Crippen LogP contribution in [0.5, 0.6) is 0 Å². The van der Waals surface area contributed by atoms with Gasteiger partial charge in [0.05, 0.1) is 24.9 Å². The van der Waals surface area contributed by atoms with Crippen molar-refractivity contribution in [3.8, 4) is 0 Å². The number of fused-ring (bicyclic) bond motifs is 1. The molecule has 1 aromatic heterocycles. The summed E-state index contributed by atoms with van der Waals surface area (Å²) in [7, 11) is -1.75. The molecular weight excluding hydrogens is 342 g/mol. The van der Waals surface area contributed by atoms with E-state index in [0.29, 0.717) is 39.4 Å². The fraction of sp³-hybridized carbons (Fsp3) is 0.750. The Balaban J connectivity index is 1.39. The molecule has 4 rings (SSSR count). The van der Waals surface area contributed by atoms with E-state index in [1.54, 1.807) is 7.05 Å². The summed E-state index contributed by atoms with van der Waals surface area (Å²) in [6.45, 7) is 3.11. The summed E-state index contributed by atoms with van der Waals surface area (Å²) in [5.41, 5.74) is 2.42. The third kappa shape index (κ3) is 3.25. The summed E-state index contributed by atoms with van der Waals surface area (Å²) in [5, 5.41) is 8.71. The molecule has 0 saturated carbocycles. The summed E-state index contributed by atoms with van der Waals surface area (Å²) >= 11 is 0. The fourth-order valence-corrected chi connectivity index (χ4v) is 5.14. The van der Waals surface area contributed by atoms with E-state index in [0.717, 1.165) is 24.4 Å². The summed E-state index contributed by atoms with van der Waals surface area (Å²) in [6, 6.07) is 2.11. The summed E-state index contributed by atoms with van der Waals surface area (Å²) in [4.78, 5) is 2.11. The molecule has 0 N–H and O–H groups in total. The fourth-order valence-electron chi connectivity index (χ4n) is 3.65. The Hall–Kier alpha value is -1.29. The van der Waals surface area contributed by atoms with Crippen LogP contribution in [0.3, 0.4) is 0 Å². The summed E-state index contributed by atoms with van der Waals surface area (Å²) in [6.07, 6.45) is 4.49. The highest BCUT2D eigenvalue weighted by atomic mass is 32.2. The van der Waals surface area contributed by atoms with Crippen molar-refractivity contribution >= 4 is 16.0 Å². The van der Waals surface area contributed by atoms with E-state index in [2.05, 4.69) is 21.2 Å². The van der Waals surface area contributed by atoms with Gasteiger partial charge >= 0.3 is 0 Å². The van der Waals surface area contributed by atoms with Crippen molar-refractivity contribution in [3.05, 3.63) is 17.3 Å². The van der Waals surface area contributed by atoms with Gasteiger partial charge in [0.25, 0.3) is 10.2 Å². The normalized spacial score (nSPS) is 22.7. The minimum absolute atomic E-state index is 0.0225. The SMILES string of the molecule is CN(C1CN(c2cc3c(nn2)CCCC3)C1)S(=O)(=O)N1CCOCC1. The molecule has 25 heavy (non-hydrogen) atoms. The number of anilines is 1. The number of ether oxygens (including phenoxy) is 1. The van der Waals surface area contributed by atoms with Gasteiger partial charge in [-0.2, -0.15) is 22.1 Å². The first-order valence-corrected chi connectivity index (χ1v) is 10.4. The van der Waals surface area contributed by atoms with E-state index in [1.807, 2.05) is 0 Å². The zero-order chi connectivity index (χ0) is 17.4. The highest BCUT2D eigenvalue weighted by molar-refractivity contribution is 7.86. The van der Waals surface area contributed by atoms with Gasteiger partial charge in [-0.15, -0.1) is 5.10 Å². The van der Waals surface area contributed by atoms with Crippen LogP contribution in [0, 0.1) is 0 Å². The van der Waals surface area contributed by atoms with Crippen molar-refractivity contribution in [1.29, 1.82) is 0 Å². The van der Waals surface area contributed by atoms with E-state index in [9.17, 15) is 8.42 Å². The van der Waals surface area contributed by atoms with Crippen molar-refractivity contribution in [2.24, 2.45) is 0 Å². The molecule has 1 aliphatic carbocycles. The van der Waals surface area contributed by atoms with Crippen LogP contribution in [0.15, 0.2) is 6.07 Å². The van der Waals surface area contributed by atoms with E-state index in [-0.39, 0.29) is 6.04 Å². The number of hydrogen-bond donors (Lipinski definition) is 0. The Morgan fingerprint density at radius 2 is 1.88 bits per heavy atom. The van der Waals surface area contributed by atoms with Gasteiger partial charge in [-0.05, 0) is 37.3 Å². The Labute approximate surface area is 148 Å². The van der Waals surface area contributed by atoms with Crippen LogP contribution in [-0.4, -0.2) is 79.7 Å². The van der Waals surface area contributed by atoms with Gasteiger partial charge < -0.3 is 9.64 Å². The van der Waals surface area contributed by atoms with Crippen LogP contribution in [-0.2, 0) is 27.8 Å². The molecule has 0 amide bonds. The molecule has 2 aliphatic heterocycles. The smallest absolute Gasteiger partial charge is 0.282 e. The topological polar surface area (TPSA) is 78.9 Å². The Bertz CT molecular complexity index is 729. The number of aromatic nitrogens is 2. The van der Waals surface area contributed by atoms with Gasteiger partial charge in [0.15, 0.2) is 5.82 Å². The molecule has 1 aromatic rings. The first-order chi connectivity index (χ1) is 12.1. The van der Waals surface area contributed by atoms with E-state index >= 15 is 0 Å². The molecule has 0 unspecified atom stereocenters. The minimum atomic E-state index is -3.42. The predicted molar refractivity (Wildman–Crippen MR) is 93.7 cm³/mol. The first-order valence-electron chi connectivity index (χ1n) is 8.97. The quantitative estimate of drug-likeness (QED) is 0.748. The highest BCUT2D eigenvalue weighted by Crippen LogP contribution is 2.27. The molecule has 3 heterocycles. The number of morpholine rings is 1. The molecule has 8 nitrogen and oxygen atoms in total. The van der Waals surface area contributed by atoms with Crippen LogP contribution >= 0.6 is 0 Å². The second-order valence-electron chi connectivity index (χ2n) is 6.98. The van der Waals surface area contributed by atoms with Gasteiger partial charge in [-0.25, -0.2) is 0 Å². The van der Waals surface area contributed by atoms with E-state index in [1.165, 1.54) is 27.0 Å². The maximum Gasteiger partial charge on any atom is 0.282 e. The minimum Gasteiger partial charge on any atom is -0.379 e. The summed E-state index contributed by atoms with van der Waals surface area (Å²) in [5.74, 6) is 0.870. The lowest BCUT2D eigenvalue weighted by molar-refractivity contribution is 0.0695. The van der Waals surface area contributed by atoms with Crippen LogP contribution in [0.4, 0.5) is 5.82 Å². The van der Waals surface area contributed by atoms with Crippen LogP contribution in [0.25, 0.3) is 0 Å². The van der Waals surface area contributed by atoms with Crippen molar-refractivity contribution in [1.82, 2.24) is 18.8 Å². The number of aryl methyl sites for hydroxylation is 2. The van der Waals surface area contributed by atoms with Gasteiger partial charge in [0.1, 0.15) is 0 Å². The molecule has 0 radical (unpaired) electrons. The Morgan fingerprint density at radius 3 is 2.64 bits per heavy atom. The van der Waals surface area contributed by atoms with E-state index in [4.69, 9.17) is 4.74 Å². The molecule has 9 heteroatoms. The third-order valence-electron chi connectivity index (χ3n) is 5.42. The van der Waals surface area contributed by atoms with Gasteiger partial charge in [0.2, 0.25) is 0 Å². The number of hydrogen-bond acceptors (Lipinski definition) is 6. The molecule has 0 spiro atoms. The lowest BCUT2D eigenvalue weighted by Crippen LogP contribution is -2.62. The average Bonchev–Trinajstić information content (AvgIpc) is 2.61. The van der Waals surface area contributed by atoms with Crippen LogP contribution < -0.4 is 4.90 Å². The monoisotopic (exact) mass is 367 g/mol. The Morgan fingerprint density at radius 1 is 1.16 bits per heavy atom. The molecule has 3 aliphatic rings. The molecule has 2 fully saturated rings. The first kappa shape index (κ1) is 17.1. The largest absolute Gasteiger partial charge is 0.379 e. The Kier molecular flexibility index (Phi) is 4.65. The predicted octanol–water partition coefficient (Wildman–Crippen LogP) is 0.0528. The third-order valence-corrected chi connectivity index (χ3v) is 7.46. The second kappa shape index (κ2) is 6.79. The highest BCUT2D eigenvalue weighted by Gasteiger charge is 2.39. The van der Waals surface area contributed by atoms with Crippen LogP contribution in [0.1, 0.15) is 24.1 Å². The second-order valence-corrected chi connectivity index (χ2v) is 8.96. The number of rotatable bonds is 4. The zero-order valence-corrected chi connectivity index (χ0v) is 15.4. The average molecular weight is 367 g/mol. The van der Waals surface area contributed by atoms with Crippen molar-refractivity contribution in [2.45, 2.75) is 31.7 Å². The number of nitrogens with zero attached hydrogens (tertiary/aromatic N) is 5. The number of likely N-dealkylation sites (N-methyl/N-ethyl adjacent to an activating group) is 1. The summed E-state index contributed by atoms with van der Waals surface area (Å²) < 4.78 is 33.7. The van der Waals surface area contributed by atoms with E-state index < -0.39 is 10.2 Å². The van der Waals surface area contributed by atoms with Gasteiger partial charge in [0, 0.05) is 33.2 Å². The standard InChI is InChI=1S/C16H25N5O3S/c1-19(25(22,23)21-6-8-24-9-7-21)14-11-20(12-14)16-10-13-4-2-3-5-15(13)17-18-16/h10,14H,2-9,11-12H2,1H3. The lowest BCUT2D eigenvalue weighted by Gasteiger charge is -2.45. The van der Waals surface area contributed by atoms with Crippen molar-refractivity contribution in [2.75, 3.05) is 51.3 Å². The molecule has 0 bridgehead atoms. The van der Waals surface area contributed by atoms with Crippen molar-refractivity contribution < 1.29 is 13.2 Å². The zero-order valence-electron chi connectivity index (χ0n) is 14.6. The maximum atomic E-state index is 12.7. The van der Waals surface area contributed by atoms with Crippen LogP contribution in [0.2, 0.25) is 0 Å². The van der Waals surface area contributed by atoms with Crippen molar-refractivity contribution in [3.63, 3.8) is 0 Å². The molecule has 2 saturated heterocycles. The molecule has 0 atom stereocenters. The molecule has 0 aromatic carbocycles. The van der Waals surface area contributed by atoms with Gasteiger partial charge in [-0.1, -0.05) is 0 Å². The lowest BCUT2D eigenvalue weighted by atomic mass is 9.96. The van der Waals surface area contributed by atoms with Gasteiger partial charge in [-0.3, -0.25) is 0 Å². The molecular formula is C16H25N5O3S. The molecule has 138 valence electrons.